The maximum absolute atomic E-state index is 11.3. The van der Waals surface area contributed by atoms with Gasteiger partial charge in [0.2, 0.25) is 0 Å². The molecule has 0 aliphatic heterocycles. The molecule has 88 valence electrons. The average Bonchev–Trinajstić information content (AvgIpc) is 2.16. The molecule has 0 radical (unpaired) electrons. The third-order valence-corrected chi connectivity index (χ3v) is 3.10. The average molecular weight is 218 g/mol. The highest BCUT2D eigenvalue weighted by atomic mass is 16.1. The molecule has 0 N–H and O–H groups in total. The molecule has 0 amide bonds. The maximum Gasteiger partial charge on any atom is 0.155 e. The van der Waals surface area contributed by atoms with E-state index in [1.54, 1.807) is 0 Å². The standard InChI is InChI=1S/C15H22O/c1-11(2)15(12(3)4)9-8-13-6-5-7-14(16)10-13/h10H,1,5-9H2,2-4H3. The molecule has 0 aromatic heterocycles. The molecule has 1 rings (SSSR count). The SMILES string of the molecule is C=C(C)C(CCC1=CC(=O)CCC1)=C(C)C. The van der Waals surface area contributed by atoms with Crippen LogP contribution >= 0.6 is 0 Å². The predicted octanol–water partition coefficient (Wildman–Crippen LogP) is 4.36. The van der Waals surface area contributed by atoms with Crippen LogP contribution in [0.4, 0.5) is 0 Å². The summed E-state index contributed by atoms with van der Waals surface area (Å²) < 4.78 is 0. The minimum atomic E-state index is 0.301. The van der Waals surface area contributed by atoms with Crippen LogP contribution in [0, 0.1) is 0 Å². The fraction of sp³-hybridized carbons (Fsp3) is 0.533. The van der Waals surface area contributed by atoms with Gasteiger partial charge in [-0.1, -0.05) is 23.3 Å². The minimum Gasteiger partial charge on any atom is -0.295 e. The first-order valence-corrected chi connectivity index (χ1v) is 6.05. The van der Waals surface area contributed by atoms with Gasteiger partial charge in [-0.25, -0.2) is 0 Å². The van der Waals surface area contributed by atoms with Crippen LogP contribution in [-0.2, 0) is 4.79 Å². The van der Waals surface area contributed by atoms with Crippen molar-refractivity contribution >= 4 is 5.78 Å². The first-order valence-electron chi connectivity index (χ1n) is 6.05. The molecule has 0 heterocycles. The molecule has 1 aliphatic rings. The van der Waals surface area contributed by atoms with Crippen molar-refractivity contribution in [1.29, 1.82) is 0 Å². The molecule has 0 aromatic rings. The third-order valence-electron chi connectivity index (χ3n) is 3.10. The van der Waals surface area contributed by atoms with Gasteiger partial charge in [0, 0.05) is 6.42 Å². The highest BCUT2D eigenvalue weighted by molar-refractivity contribution is 5.91. The van der Waals surface area contributed by atoms with Gasteiger partial charge in [0.25, 0.3) is 0 Å². The van der Waals surface area contributed by atoms with E-state index in [4.69, 9.17) is 0 Å². The Morgan fingerprint density at radius 3 is 2.50 bits per heavy atom. The topological polar surface area (TPSA) is 17.1 Å². The molecule has 0 atom stereocenters. The summed E-state index contributed by atoms with van der Waals surface area (Å²) in [5.74, 6) is 0.301. The Morgan fingerprint density at radius 1 is 1.31 bits per heavy atom. The molecule has 1 heteroatoms. The summed E-state index contributed by atoms with van der Waals surface area (Å²) in [6, 6.07) is 0. The van der Waals surface area contributed by atoms with Crippen molar-refractivity contribution in [2.45, 2.75) is 52.9 Å². The summed E-state index contributed by atoms with van der Waals surface area (Å²) in [5.41, 5.74) is 5.17. The number of allylic oxidation sites excluding steroid dienone is 5. The number of carbonyl (C=O) groups excluding carboxylic acids is 1. The van der Waals surface area contributed by atoms with E-state index in [2.05, 4.69) is 27.4 Å². The van der Waals surface area contributed by atoms with Gasteiger partial charge in [-0.2, -0.15) is 0 Å². The van der Waals surface area contributed by atoms with Crippen molar-refractivity contribution < 1.29 is 4.79 Å². The van der Waals surface area contributed by atoms with Crippen LogP contribution in [0.1, 0.15) is 52.9 Å². The van der Waals surface area contributed by atoms with Crippen molar-refractivity contribution in [2.24, 2.45) is 0 Å². The van der Waals surface area contributed by atoms with Crippen molar-refractivity contribution in [2.75, 3.05) is 0 Å². The van der Waals surface area contributed by atoms with Gasteiger partial charge in [0.1, 0.15) is 0 Å². The second kappa shape index (κ2) is 5.83. The van der Waals surface area contributed by atoms with Crippen molar-refractivity contribution in [3.63, 3.8) is 0 Å². The predicted molar refractivity (Wildman–Crippen MR) is 69.4 cm³/mol. The Bertz CT molecular complexity index is 352. The van der Waals surface area contributed by atoms with Gasteiger partial charge in [-0.05, 0) is 58.1 Å². The molecule has 0 aromatic carbocycles. The van der Waals surface area contributed by atoms with E-state index < -0.39 is 0 Å². The monoisotopic (exact) mass is 218 g/mol. The van der Waals surface area contributed by atoms with E-state index in [-0.39, 0.29) is 0 Å². The first kappa shape index (κ1) is 13.0. The highest BCUT2D eigenvalue weighted by Crippen LogP contribution is 2.25. The zero-order valence-electron chi connectivity index (χ0n) is 10.7. The van der Waals surface area contributed by atoms with E-state index in [1.165, 1.54) is 16.7 Å². The lowest BCUT2D eigenvalue weighted by Crippen LogP contribution is -2.03. The van der Waals surface area contributed by atoms with E-state index in [9.17, 15) is 4.79 Å². The fourth-order valence-electron chi connectivity index (χ4n) is 2.23. The normalized spacial score (nSPS) is 15.7. The number of hydrogen-bond acceptors (Lipinski definition) is 1. The number of carbonyl (C=O) groups is 1. The van der Waals surface area contributed by atoms with E-state index in [0.717, 1.165) is 37.7 Å². The quantitative estimate of drug-likeness (QED) is 0.641. The van der Waals surface area contributed by atoms with E-state index in [1.807, 2.05) is 6.08 Å². The number of ketones is 1. The molecular formula is C15H22O. The molecule has 0 saturated heterocycles. The van der Waals surface area contributed by atoms with Crippen molar-refractivity contribution in [3.8, 4) is 0 Å². The van der Waals surface area contributed by atoms with Gasteiger partial charge < -0.3 is 0 Å². The molecule has 0 spiro atoms. The zero-order valence-corrected chi connectivity index (χ0v) is 10.7. The van der Waals surface area contributed by atoms with Crippen LogP contribution in [-0.4, -0.2) is 5.78 Å². The molecule has 0 fully saturated rings. The lowest BCUT2D eigenvalue weighted by atomic mass is 9.91. The van der Waals surface area contributed by atoms with Crippen molar-refractivity contribution in [3.05, 3.63) is 34.9 Å². The summed E-state index contributed by atoms with van der Waals surface area (Å²) in [6.45, 7) is 10.3. The molecule has 0 unspecified atom stereocenters. The second-order valence-electron chi connectivity index (χ2n) is 4.88. The number of rotatable bonds is 4. The van der Waals surface area contributed by atoms with E-state index in [0.29, 0.717) is 5.78 Å². The lowest BCUT2D eigenvalue weighted by molar-refractivity contribution is -0.115. The first-order chi connectivity index (χ1) is 7.50. The fourth-order valence-corrected chi connectivity index (χ4v) is 2.23. The van der Waals surface area contributed by atoms with Crippen LogP contribution in [0.3, 0.4) is 0 Å². The number of hydrogen-bond donors (Lipinski definition) is 0. The Kier molecular flexibility index (Phi) is 4.72. The van der Waals surface area contributed by atoms with Gasteiger partial charge in [0.05, 0.1) is 0 Å². The summed E-state index contributed by atoms with van der Waals surface area (Å²) in [5, 5.41) is 0. The van der Waals surface area contributed by atoms with Crippen LogP contribution in [0.5, 0.6) is 0 Å². The van der Waals surface area contributed by atoms with Gasteiger partial charge in [-0.15, -0.1) is 0 Å². The second-order valence-corrected chi connectivity index (χ2v) is 4.88. The molecular weight excluding hydrogens is 196 g/mol. The Hall–Kier alpha value is -1.11. The molecule has 1 nitrogen and oxygen atoms in total. The molecule has 16 heavy (non-hydrogen) atoms. The van der Waals surface area contributed by atoms with Gasteiger partial charge >= 0.3 is 0 Å². The summed E-state index contributed by atoms with van der Waals surface area (Å²) in [6.07, 6.45) is 6.75. The largest absolute Gasteiger partial charge is 0.295 e. The lowest BCUT2D eigenvalue weighted by Gasteiger charge is -2.14. The van der Waals surface area contributed by atoms with Gasteiger partial charge in [-0.3, -0.25) is 4.79 Å². The smallest absolute Gasteiger partial charge is 0.155 e. The Balaban J connectivity index is 2.60. The van der Waals surface area contributed by atoms with Crippen LogP contribution in [0.15, 0.2) is 34.9 Å². The van der Waals surface area contributed by atoms with Crippen LogP contribution in [0.25, 0.3) is 0 Å². The zero-order chi connectivity index (χ0) is 12.1. The molecule has 0 saturated carbocycles. The van der Waals surface area contributed by atoms with Crippen LogP contribution < -0.4 is 0 Å². The van der Waals surface area contributed by atoms with E-state index >= 15 is 0 Å². The Labute approximate surface area is 98.9 Å². The van der Waals surface area contributed by atoms with Crippen molar-refractivity contribution in [1.82, 2.24) is 0 Å². The van der Waals surface area contributed by atoms with Crippen LogP contribution in [0.2, 0.25) is 0 Å². The summed E-state index contributed by atoms with van der Waals surface area (Å²) in [7, 11) is 0. The summed E-state index contributed by atoms with van der Waals surface area (Å²) >= 11 is 0. The van der Waals surface area contributed by atoms with Gasteiger partial charge in [0.15, 0.2) is 5.78 Å². The Morgan fingerprint density at radius 2 is 2.00 bits per heavy atom. The minimum absolute atomic E-state index is 0.301. The molecule has 0 bridgehead atoms. The molecule has 1 aliphatic carbocycles. The highest BCUT2D eigenvalue weighted by Gasteiger charge is 2.10. The summed E-state index contributed by atoms with van der Waals surface area (Å²) in [4.78, 5) is 11.3. The third kappa shape index (κ3) is 3.80. The maximum atomic E-state index is 11.3.